The van der Waals surface area contributed by atoms with E-state index >= 15 is 0 Å². The number of rotatable bonds is 9. The fourth-order valence-corrected chi connectivity index (χ4v) is 2.08. The van der Waals surface area contributed by atoms with Crippen molar-refractivity contribution in [3.05, 3.63) is 23.2 Å². The second kappa shape index (κ2) is 7.08. The first-order valence-corrected chi connectivity index (χ1v) is 7.27. The van der Waals surface area contributed by atoms with Crippen LogP contribution in [0.2, 0.25) is 0 Å². The molecule has 0 aromatic carbocycles. The third-order valence-corrected chi connectivity index (χ3v) is 3.45. The van der Waals surface area contributed by atoms with Crippen LogP contribution in [-0.4, -0.2) is 37.7 Å². The molecular weight excluding hydrogens is 240 g/mol. The Labute approximate surface area is 116 Å². The standard InChI is InChI=1S/C15H26N2O2/c1-4-18-8-7-17(3)11-14-9-12(2)15(19-14)10-16-13-5-6-13/h9,13,16H,4-8,10-11H2,1-3H3. The number of hydrogen-bond donors (Lipinski definition) is 1. The van der Waals surface area contributed by atoms with Crippen molar-refractivity contribution in [1.29, 1.82) is 0 Å². The van der Waals surface area contributed by atoms with Crippen LogP contribution >= 0.6 is 0 Å². The van der Waals surface area contributed by atoms with E-state index in [9.17, 15) is 0 Å². The Morgan fingerprint density at radius 1 is 1.47 bits per heavy atom. The Morgan fingerprint density at radius 3 is 2.95 bits per heavy atom. The maximum atomic E-state index is 5.92. The minimum absolute atomic E-state index is 0.724. The van der Waals surface area contributed by atoms with Crippen molar-refractivity contribution in [2.45, 2.75) is 45.8 Å². The van der Waals surface area contributed by atoms with Crippen molar-refractivity contribution in [2.24, 2.45) is 0 Å². The highest BCUT2D eigenvalue weighted by molar-refractivity contribution is 5.20. The van der Waals surface area contributed by atoms with Crippen molar-refractivity contribution >= 4 is 0 Å². The molecule has 2 rings (SSSR count). The number of furan rings is 1. The summed E-state index contributed by atoms with van der Waals surface area (Å²) in [5.74, 6) is 2.13. The van der Waals surface area contributed by atoms with Gasteiger partial charge in [-0.1, -0.05) is 0 Å². The molecule has 0 radical (unpaired) electrons. The van der Waals surface area contributed by atoms with E-state index in [2.05, 4.69) is 30.3 Å². The lowest BCUT2D eigenvalue weighted by atomic mass is 10.2. The van der Waals surface area contributed by atoms with Gasteiger partial charge < -0.3 is 14.5 Å². The summed E-state index contributed by atoms with van der Waals surface area (Å²) in [4.78, 5) is 2.23. The number of nitrogens with zero attached hydrogens (tertiary/aromatic N) is 1. The summed E-state index contributed by atoms with van der Waals surface area (Å²) in [5, 5.41) is 3.49. The molecule has 0 bridgehead atoms. The highest BCUT2D eigenvalue weighted by Crippen LogP contribution is 2.21. The molecular formula is C15H26N2O2. The van der Waals surface area contributed by atoms with Crippen LogP contribution in [0.4, 0.5) is 0 Å². The van der Waals surface area contributed by atoms with Gasteiger partial charge in [-0.2, -0.15) is 0 Å². The van der Waals surface area contributed by atoms with E-state index in [0.717, 1.165) is 50.4 Å². The van der Waals surface area contributed by atoms with Gasteiger partial charge in [0.15, 0.2) is 0 Å². The van der Waals surface area contributed by atoms with Crippen LogP contribution in [-0.2, 0) is 17.8 Å². The Bertz CT molecular complexity index is 385. The molecule has 0 saturated heterocycles. The lowest BCUT2D eigenvalue weighted by Gasteiger charge is -2.14. The Morgan fingerprint density at radius 2 is 2.26 bits per heavy atom. The molecule has 1 aliphatic carbocycles. The highest BCUT2D eigenvalue weighted by atomic mass is 16.5. The number of aryl methyl sites for hydroxylation is 1. The van der Waals surface area contributed by atoms with Crippen molar-refractivity contribution in [1.82, 2.24) is 10.2 Å². The normalized spacial score (nSPS) is 15.4. The summed E-state index contributed by atoms with van der Waals surface area (Å²) in [6.45, 7) is 8.35. The molecule has 1 fully saturated rings. The van der Waals surface area contributed by atoms with E-state index in [1.165, 1.54) is 18.4 Å². The average molecular weight is 266 g/mol. The van der Waals surface area contributed by atoms with Gasteiger partial charge in [-0.25, -0.2) is 0 Å². The maximum absolute atomic E-state index is 5.92. The molecule has 1 aliphatic rings. The highest BCUT2D eigenvalue weighted by Gasteiger charge is 2.21. The van der Waals surface area contributed by atoms with Gasteiger partial charge >= 0.3 is 0 Å². The molecule has 0 aliphatic heterocycles. The zero-order valence-electron chi connectivity index (χ0n) is 12.4. The minimum atomic E-state index is 0.724. The van der Waals surface area contributed by atoms with Crippen molar-refractivity contribution in [3.63, 3.8) is 0 Å². The largest absolute Gasteiger partial charge is 0.463 e. The van der Waals surface area contributed by atoms with Gasteiger partial charge in [-0.15, -0.1) is 0 Å². The quantitative estimate of drug-likeness (QED) is 0.696. The fourth-order valence-electron chi connectivity index (χ4n) is 2.08. The molecule has 1 N–H and O–H groups in total. The zero-order valence-corrected chi connectivity index (χ0v) is 12.4. The van der Waals surface area contributed by atoms with Gasteiger partial charge in [0.05, 0.1) is 19.7 Å². The van der Waals surface area contributed by atoms with Gasteiger partial charge in [0.25, 0.3) is 0 Å². The van der Waals surface area contributed by atoms with Gasteiger partial charge in [0.2, 0.25) is 0 Å². The second-order valence-electron chi connectivity index (χ2n) is 5.41. The molecule has 4 nitrogen and oxygen atoms in total. The van der Waals surface area contributed by atoms with Crippen LogP contribution in [0, 0.1) is 6.92 Å². The zero-order chi connectivity index (χ0) is 13.7. The van der Waals surface area contributed by atoms with Gasteiger partial charge in [0, 0.05) is 19.2 Å². The van der Waals surface area contributed by atoms with Gasteiger partial charge in [-0.05, 0) is 45.4 Å². The van der Waals surface area contributed by atoms with Crippen LogP contribution in [0.15, 0.2) is 10.5 Å². The number of hydrogen-bond acceptors (Lipinski definition) is 4. The van der Waals surface area contributed by atoms with E-state index in [0.29, 0.717) is 0 Å². The third kappa shape index (κ3) is 4.97. The summed E-state index contributed by atoms with van der Waals surface area (Å²) < 4.78 is 11.3. The first kappa shape index (κ1) is 14.6. The SMILES string of the molecule is CCOCCN(C)Cc1cc(C)c(CNC2CC2)o1. The van der Waals surface area contributed by atoms with E-state index in [1.54, 1.807) is 0 Å². The monoisotopic (exact) mass is 266 g/mol. The first-order chi connectivity index (χ1) is 9.19. The lowest BCUT2D eigenvalue weighted by molar-refractivity contribution is 0.118. The minimum Gasteiger partial charge on any atom is -0.463 e. The molecule has 0 spiro atoms. The first-order valence-electron chi connectivity index (χ1n) is 7.27. The third-order valence-electron chi connectivity index (χ3n) is 3.45. The summed E-state index contributed by atoms with van der Waals surface area (Å²) in [6.07, 6.45) is 2.62. The molecule has 1 aromatic rings. The second-order valence-corrected chi connectivity index (χ2v) is 5.41. The molecule has 0 unspecified atom stereocenters. The fraction of sp³-hybridized carbons (Fsp3) is 0.733. The number of nitrogens with one attached hydrogen (secondary N) is 1. The lowest BCUT2D eigenvalue weighted by Crippen LogP contribution is -2.22. The number of likely N-dealkylation sites (N-methyl/N-ethyl adjacent to an activating group) is 1. The summed E-state index contributed by atoms with van der Waals surface area (Å²) in [7, 11) is 2.10. The molecule has 1 aromatic heterocycles. The maximum Gasteiger partial charge on any atom is 0.120 e. The van der Waals surface area contributed by atoms with Crippen molar-refractivity contribution in [3.8, 4) is 0 Å². The van der Waals surface area contributed by atoms with Crippen LogP contribution in [0.5, 0.6) is 0 Å². The Hall–Kier alpha value is -0.840. The van der Waals surface area contributed by atoms with Gasteiger partial charge in [-0.3, -0.25) is 4.90 Å². The molecule has 19 heavy (non-hydrogen) atoms. The molecule has 4 heteroatoms. The molecule has 0 atom stereocenters. The predicted molar refractivity (Wildman–Crippen MR) is 76.1 cm³/mol. The molecule has 1 saturated carbocycles. The molecule has 0 amide bonds. The van der Waals surface area contributed by atoms with Crippen LogP contribution < -0.4 is 5.32 Å². The Balaban J connectivity index is 1.77. The predicted octanol–water partition coefficient (Wildman–Crippen LogP) is 2.31. The van der Waals surface area contributed by atoms with Gasteiger partial charge in [0.1, 0.15) is 11.5 Å². The van der Waals surface area contributed by atoms with Crippen LogP contribution in [0.25, 0.3) is 0 Å². The average Bonchev–Trinajstić information content (AvgIpc) is 3.12. The van der Waals surface area contributed by atoms with E-state index in [4.69, 9.17) is 9.15 Å². The van der Waals surface area contributed by atoms with Crippen LogP contribution in [0.3, 0.4) is 0 Å². The van der Waals surface area contributed by atoms with Crippen LogP contribution in [0.1, 0.15) is 36.8 Å². The summed E-state index contributed by atoms with van der Waals surface area (Å²) in [5.41, 5.74) is 1.25. The number of ether oxygens (including phenoxy) is 1. The Kier molecular flexibility index (Phi) is 5.43. The van der Waals surface area contributed by atoms with Crippen molar-refractivity contribution < 1.29 is 9.15 Å². The smallest absolute Gasteiger partial charge is 0.120 e. The molecule has 1 heterocycles. The van der Waals surface area contributed by atoms with E-state index in [1.807, 2.05) is 6.92 Å². The topological polar surface area (TPSA) is 37.6 Å². The van der Waals surface area contributed by atoms with E-state index < -0.39 is 0 Å². The van der Waals surface area contributed by atoms with Crippen molar-refractivity contribution in [2.75, 3.05) is 26.8 Å². The molecule has 108 valence electrons. The summed E-state index contributed by atoms with van der Waals surface area (Å²) in [6, 6.07) is 2.88. The van der Waals surface area contributed by atoms with E-state index in [-0.39, 0.29) is 0 Å². The summed E-state index contributed by atoms with van der Waals surface area (Å²) >= 11 is 0.